The van der Waals surface area contributed by atoms with Crippen LogP contribution in [0.1, 0.15) is 5.56 Å². The van der Waals surface area contributed by atoms with Gasteiger partial charge < -0.3 is 4.74 Å². The zero-order valence-electron chi connectivity index (χ0n) is 13.7. The third kappa shape index (κ3) is 4.00. The summed E-state index contributed by atoms with van der Waals surface area (Å²) >= 11 is 2.93. The minimum atomic E-state index is -4.20. The Morgan fingerprint density at radius 2 is 2.11 bits per heavy atom. The molecule has 0 aromatic carbocycles. The largest absolute Gasteiger partial charge is 0.493 e. The van der Waals surface area contributed by atoms with Gasteiger partial charge in [-0.05, 0) is 27.6 Å². The molecule has 3 rings (SSSR count). The summed E-state index contributed by atoms with van der Waals surface area (Å²) in [6.07, 6.45) is -0.631. The SMILES string of the molecule is COc1cc(Br)c(F)nc1NS(=O)(=O)c1cnn2cc(CC(F)F)ccc12. The van der Waals surface area contributed by atoms with E-state index in [9.17, 15) is 21.6 Å². The van der Waals surface area contributed by atoms with Crippen molar-refractivity contribution >= 4 is 37.3 Å². The highest BCUT2D eigenvalue weighted by Gasteiger charge is 2.23. The first-order valence-electron chi connectivity index (χ1n) is 7.38. The summed E-state index contributed by atoms with van der Waals surface area (Å²) in [5.74, 6) is -1.26. The Labute approximate surface area is 160 Å². The molecule has 1 N–H and O–H groups in total. The first kappa shape index (κ1) is 19.4. The molecule has 0 aliphatic rings. The molecular formula is C15H12BrF3N4O3S. The molecule has 0 radical (unpaired) electrons. The molecule has 0 bridgehead atoms. The van der Waals surface area contributed by atoms with Crippen molar-refractivity contribution in [3.8, 4) is 5.75 Å². The molecule has 3 aromatic heterocycles. The van der Waals surface area contributed by atoms with Gasteiger partial charge >= 0.3 is 0 Å². The summed E-state index contributed by atoms with van der Waals surface area (Å²) < 4.78 is 72.4. The van der Waals surface area contributed by atoms with E-state index in [1.807, 2.05) is 0 Å². The van der Waals surface area contributed by atoms with E-state index in [2.05, 4.69) is 30.7 Å². The summed E-state index contributed by atoms with van der Waals surface area (Å²) in [6, 6.07) is 3.99. The summed E-state index contributed by atoms with van der Waals surface area (Å²) in [5, 5.41) is 3.89. The molecule has 27 heavy (non-hydrogen) atoms. The predicted molar refractivity (Wildman–Crippen MR) is 94.2 cm³/mol. The highest BCUT2D eigenvalue weighted by atomic mass is 79.9. The van der Waals surface area contributed by atoms with Crippen LogP contribution in [0.3, 0.4) is 0 Å². The van der Waals surface area contributed by atoms with Crippen LogP contribution in [0.25, 0.3) is 5.52 Å². The zero-order chi connectivity index (χ0) is 19.8. The van der Waals surface area contributed by atoms with Crippen LogP contribution in [0.5, 0.6) is 5.75 Å². The van der Waals surface area contributed by atoms with Crippen LogP contribution in [0, 0.1) is 5.95 Å². The predicted octanol–water partition coefficient (Wildman–Crippen LogP) is 3.25. The number of fused-ring (bicyclic) bond motifs is 1. The topological polar surface area (TPSA) is 85.6 Å². The Bertz CT molecular complexity index is 1110. The maximum absolute atomic E-state index is 13.7. The van der Waals surface area contributed by atoms with E-state index < -0.39 is 28.8 Å². The number of alkyl halides is 2. The molecule has 0 saturated heterocycles. The quantitative estimate of drug-likeness (QED) is 0.565. The number of pyridine rings is 2. The number of hydrogen-bond donors (Lipinski definition) is 1. The second-order valence-electron chi connectivity index (χ2n) is 5.39. The number of ether oxygens (including phenoxy) is 1. The smallest absolute Gasteiger partial charge is 0.266 e. The number of sulfonamides is 1. The van der Waals surface area contributed by atoms with Crippen molar-refractivity contribution in [1.82, 2.24) is 14.6 Å². The van der Waals surface area contributed by atoms with Crippen molar-refractivity contribution < 1.29 is 26.3 Å². The zero-order valence-corrected chi connectivity index (χ0v) is 16.1. The highest BCUT2D eigenvalue weighted by molar-refractivity contribution is 9.10. The molecule has 0 aliphatic heterocycles. The number of nitrogens with zero attached hydrogens (tertiary/aromatic N) is 3. The Balaban J connectivity index is 1.99. The van der Waals surface area contributed by atoms with Gasteiger partial charge in [0.15, 0.2) is 11.6 Å². The van der Waals surface area contributed by atoms with Gasteiger partial charge in [0, 0.05) is 18.7 Å². The van der Waals surface area contributed by atoms with Gasteiger partial charge in [0.25, 0.3) is 10.0 Å². The number of hydrogen-bond acceptors (Lipinski definition) is 5. The lowest BCUT2D eigenvalue weighted by Crippen LogP contribution is -2.15. The highest BCUT2D eigenvalue weighted by Crippen LogP contribution is 2.30. The Hall–Kier alpha value is -2.34. The molecule has 0 saturated carbocycles. The minimum absolute atomic E-state index is 0.00236. The van der Waals surface area contributed by atoms with Crippen molar-refractivity contribution in [3.63, 3.8) is 0 Å². The summed E-state index contributed by atoms with van der Waals surface area (Å²) in [5.41, 5.74) is 0.466. The molecule has 12 heteroatoms. The van der Waals surface area contributed by atoms with Gasteiger partial charge in [0.1, 0.15) is 4.90 Å². The van der Waals surface area contributed by atoms with Crippen LogP contribution in [-0.4, -0.2) is 36.6 Å². The number of aromatic nitrogens is 3. The molecule has 3 heterocycles. The van der Waals surface area contributed by atoms with Crippen molar-refractivity contribution in [2.75, 3.05) is 11.8 Å². The lowest BCUT2D eigenvalue weighted by atomic mass is 10.2. The average molecular weight is 465 g/mol. The third-order valence-corrected chi connectivity index (χ3v) is 5.48. The molecule has 0 fully saturated rings. The van der Waals surface area contributed by atoms with Crippen LogP contribution < -0.4 is 9.46 Å². The van der Waals surface area contributed by atoms with E-state index in [-0.39, 0.29) is 26.5 Å². The maximum Gasteiger partial charge on any atom is 0.266 e. The van der Waals surface area contributed by atoms with Crippen LogP contribution in [0.4, 0.5) is 19.0 Å². The van der Waals surface area contributed by atoms with Crippen LogP contribution in [0.15, 0.2) is 40.0 Å². The molecule has 3 aromatic rings. The Kier molecular flexibility index (Phi) is 5.29. The van der Waals surface area contributed by atoms with Gasteiger partial charge in [-0.15, -0.1) is 0 Å². The Morgan fingerprint density at radius 1 is 1.37 bits per heavy atom. The molecule has 0 amide bonds. The number of methoxy groups -OCH3 is 1. The minimum Gasteiger partial charge on any atom is -0.493 e. The molecule has 0 atom stereocenters. The van der Waals surface area contributed by atoms with Crippen molar-refractivity contribution in [2.45, 2.75) is 17.7 Å². The first-order chi connectivity index (χ1) is 12.7. The van der Waals surface area contributed by atoms with Crippen molar-refractivity contribution in [2.24, 2.45) is 0 Å². The van der Waals surface area contributed by atoms with Gasteiger partial charge in [0.05, 0.1) is 23.3 Å². The van der Waals surface area contributed by atoms with E-state index >= 15 is 0 Å². The summed E-state index contributed by atoms with van der Waals surface area (Å²) in [4.78, 5) is 3.30. The van der Waals surface area contributed by atoms with Crippen LogP contribution in [-0.2, 0) is 16.4 Å². The molecule has 144 valence electrons. The summed E-state index contributed by atoms with van der Waals surface area (Å²) in [7, 11) is -2.92. The second-order valence-corrected chi connectivity index (χ2v) is 7.89. The number of nitrogens with one attached hydrogen (secondary N) is 1. The van der Waals surface area contributed by atoms with E-state index in [4.69, 9.17) is 4.74 Å². The lowest BCUT2D eigenvalue weighted by Gasteiger charge is -2.11. The van der Waals surface area contributed by atoms with Gasteiger partial charge in [-0.3, -0.25) is 4.72 Å². The first-order valence-corrected chi connectivity index (χ1v) is 9.66. The maximum atomic E-state index is 13.7. The number of rotatable bonds is 6. The summed E-state index contributed by atoms with van der Waals surface area (Å²) in [6.45, 7) is 0. The fourth-order valence-corrected chi connectivity index (χ4v) is 3.80. The average Bonchev–Trinajstić information content (AvgIpc) is 3.01. The normalized spacial score (nSPS) is 11.9. The van der Waals surface area contributed by atoms with Gasteiger partial charge in [-0.2, -0.15) is 14.5 Å². The third-order valence-electron chi connectivity index (χ3n) is 3.57. The number of halogens is 4. The lowest BCUT2D eigenvalue weighted by molar-refractivity contribution is 0.149. The standard InChI is InChI=1S/C15H12BrF3N4O3S/c1-26-11-5-9(16)14(19)21-15(11)22-27(24,25)12-6-20-23-7-8(4-13(17)18)2-3-10(12)23/h2-3,5-7,13H,4H2,1H3,(H,21,22). The molecule has 0 unspecified atom stereocenters. The van der Waals surface area contributed by atoms with E-state index in [1.54, 1.807) is 0 Å². The number of anilines is 1. The molecule has 0 spiro atoms. The molecular weight excluding hydrogens is 453 g/mol. The molecule has 7 nitrogen and oxygen atoms in total. The fourth-order valence-electron chi connectivity index (χ4n) is 2.37. The van der Waals surface area contributed by atoms with Gasteiger partial charge in [-0.1, -0.05) is 6.07 Å². The van der Waals surface area contributed by atoms with E-state index in [0.29, 0.717) is 5.56 Å². The fraction of sp³-hybridized carbons (Fsp3) is 0.200. The second kappa shape index (κ2) is 7.35. The van der Waals surface area contributed by atoms with Gasteiger partial charge in [-0.25, -0.2) is 21.7 Å². The van der Waals surface area contributed by atoms with Crippen LogP contribution in [0.2, 0.25) is 0 Å². The monoisotopic (exact) mass is 464 g/mol. The van der Waals surface area contributed by atoms with Gasteiger partial charge in [0.2, 0.25) is 12.4 Å². The molecule has 0 aliphatic carbocycles. The van der Waals surface area contributed by atoms with Crippen molar-refractivity contribution in [1.29, 1.82) is 0 Å². The Morgan fingerprint density at radius 3 is 2.78 bits per heavy atom. The van der Waals surface area contributed by atoms with Crippen molar-refractivity contribution in [3.05, 3.63) is 46.6 Å². The van der Waals surface area contributed by atoms with E-state index in [1.165, 1.54) is 36.0 Å². The van der Waals surface area contributed by atoms with Crippen LogP contribution >= 0.6 is 15.9 Å². The van der Waals surface area contributed by atoms with E-state index in [0.717, 1.165) is 6.20 Å².